The fourth-order valence-electron chi connectivity index (χ4n) is 2.72. The Kier molecular flexibility index (Phi) is 12.7. The van der Waals surface area contributed by atoms with E-state index < -0.39 is 66.2 Å². The maximum Gasteiger partial charge on any atom is 0.326 e. The van der Waals surface area contributed by atoms with Gasteiger partial charge in [-0.1, -0.05) is 34.1 Å². The van der Waals surface area contributed by atoms with Crippen molar-refractivity contribution in [1.82, 2.24) is 16.0 Å². The Hall–Kier alpha value is -3.22. The van der Waals surface area contributed by atoms with Crippen molar-refractivity contribution < 1.29 is 39.0 Å². The van der Waals surface area contributed by atoms with Crippen molar-refractivity contribution in [1.29, 1.82) is 0 Å². The van der Waals surface area contributed by atoms with Crippen LogP contribution in [0.15, 0.2) is 0 Å². The molecule has 0 aromatic rings. The molecule has 0 saturated carbocycles. The fraction of sp³-hybridized carbons (Fsp3) is 0.700. The van der Waals surface area contributed by atoms with Crippen molar-refractivity contribution in [2.24, 2.45) is 23.3 Å². The van der Waals surface area contributed by atoms with Crippen molar-refractivity contribution in [2.75, 3.05) is 0 Å². The van der Waals surface area contributed by atoms with E-state index in [4.69, 9.17) is 21.7 Å². The second kappa shape index (κ2) is 14.0. The Morgan fingerprint density at radius 2 is 1.39 bits per heavy atom. The highest BCUT2D eigenvalue weighted by atomic mass is 16.4. The Bertz CT molecular complexity index is 742. The number of amides is 4. The van der Waals surface area contributed by atoms with Crippen LogP contribution in [0, 0.1) is 11.8 Å². The smallest absolute Gasteiger partial charge is 0.326 e. The van der Waals surface area contributed by atoms with Gasteiger partial charge in [0.1, 0.15) is 18.1 Å². The number of hydrogen-bond acceptors (Lipinski definition) is 7. The van der Waals surface area contributed by atoms with E-state index in [9.17, 15) is 28.8 Å². The van der Waals surface area contributed by atoms with Gasteiger partial charge in [0.2, 0.25) is 23.6 Å². The van der Waals surface area contributed by atoms with Crippen LogP contribution in [-0.2, 0) is 28.8 Å². The van der Waals surface area contributed by atoms with E-state index in [0.717, 1.165) is 0 Å². The number of nitrogens with two attached hydrogens (primary N) is 2. The molecular weight excluding hydrogens is 438 g/mol. The van der Waals surface area contributed by atoms with Crippen molar-refractivity contribution in [3.05, 3.63) is 0 Å². The zero-order valence-corrected chi connectivity index (χ0v) is 19.3. The standard InChI is InChI=1S/C20H35N5O8/c1-5-10(4)16(25-18(30)15(22)9(2)3)19(31)23-11(6-7-13(21)26)17(29)24-12(20(32)33)8-14(27)28/h9-12,15-16H,5-8,22H2,1-4H3,(H2,21,26)(H,23,31)(H,24,29)(H,25,30)(H,27,28)(H,32,33). The van der Waals surface area contributed by atoms with Crippen LogP contribution >= 0.6 is 0 Å². The molecule has 0 aromatic heterocycles. The average Bonchev–Trinajstić information content (AvgIpc) is 2.71. The number of hydrogen-bond donors (Lipinski definition) is 7. The predicted molar refractivity (Wildman–Crippen MR) is 116 cm³/mol. The molecule has 188 valence electrons. The first-order valence-corrected chi connectivity index (χ1v) is 10.6. The second-order valence-corrected chi connectivity index (χ2v) is 8.21. The number of nitrogens with one attached hydrogen (secondary N) is 3. The van der Waals surface area contributed by atoms with Gasteiger partial charge < -0.3 is 37.6 Å². The van der Waals surface area contributed by atoms with Gasteiger partial charge in [0.05, 0.1) is 12.5 Å². The van der Waals surface area contributed by atoms with Gasteiger partial charge >= 0.3 is 11.9 Å². The summed E-state index contributed by atoms with van der Waals surface area (Å²) in [5.74, 6) is -6.67. The molecule has 5 unspecified atom stereocenters. The lowest BCUT2D eigenvalue weighted by atomic mass is 9.96. The molecule has 0 fully saturated rings. The van der Waals surface area contributed by atoms with E-state index >= 15 is 0 Å². The molecule has 0 bridgehead atoms. The van der Waals surface area contributed by atoms with Crippen LogP contribution in [0.25, 0.3) is 0 Å². The Morgan fingerprint density at radius 1 is 0.848 bits per heavy atom. The van der Waals surface area contributed by atoms with Gasteiger partial charge in [-0.05, 0) is 18.3 Å². The Labute approximate surface area is 192 Å². The van der Waals surface area contributed by atoms with E-state index in [0.29, 0.717) is 6.42 Å². The first-order valence-electron chi connectivity index (χ1n) is 10.6. The van der Waals surface area contributed by atoms with Crippen LogP contribution in [0.4, 0.5) is 0 Å². The van der Waals surface area contributed by atoms with Crippen LogP contribution in [0.3, 0.4) is 0 Å². The number of aliphatic carboxylic acids is 2. The summed E-state index contributed by atoms with van der Waals surface area (Å²) in [6, 6.07) is -5.09. The van der Waals surface area contributed by atoms with Crippen LogP contribution < -0.4 is 27.4 Å². The molecule has 0 rings (SSSR count). The molecule has 4 amide bonds. The summed E-state index contributed by atoms with van der Waals surface area (Å²) in [6.07, 6.45) is -0.976. The predicted octanol–water partition coefficient (Wildman–Crippen LogP) is -1.70. The summed E-state index contributed by atoms with van der Waals surface area (Å²) in [7, 11) is 0. The summed E-state index contributed by atoms with van der Waals surface area (Å²) >= 11 is 0. The number of rotatable bonds is 15. The van der Waals surface area contributed by atoms with Gasteiger partial charge in [-0.2, -0.15) is 0 Å². The third kappa shape index (κ3) is 10.8. The summed E-state index contributed by atoms with van der Waals surface area (Å²) < 4.78 is 0. The molecule has 0 radical (unpaired) electrons. The minimum atomic E-state index is -1.75. The minimum Gasteiger partial charge on any atom is -0.481 e. The average molecular weight is 474 g/mol. The highest BCUT2D eigenvalue weighted by Gasteiger charge is 2.33. The quantitative estimate of drug-likeness (QED) is 0.143. The largest absolute Gasteiger partial charge is 0.481 e. The molecule has 0 aliphatic heterocycles. The van der Waals surface area contributed by atoms with E-state index in [2.05, 4.69) is 10.6 Å². The number of carbonyl (C=O) groups is 6. The Morgan fingerprint density at radius 3 is 1.82 bits per heavy atom. The van der Waals surface area contributed by atoms with Crippen molar-refractivity contribution in [3.8, 4) is 0 Å². The normalized spacial score (nSPS) is 15.5. The third-order valence-electron chi connectivity index (χ3n) is 5.12. The molecule has 0 saturated heterocycles. The van der Waals surface area contributed by atoms with E-state index in [1.165, 1.54) is 0 Å². The molecule has 33 heavy (non-hydrogen) atoms. The first kappa shape index (κ1) is 29.8. The lowest BCUT2D eigenvalue weighted by Gasteiger charge is -2.28. The highest BCUT2D eigenvalue weighted by Crippen LogP contribution is 2.11. The van der Waals surface area contributed by atoms with Crippen LogP contribution in [-0.4, -0.2) is 69.9 Å². The maximum absolute atomic E-state index is 13.0. The third-order valence-corrected chi connectivity index (χ3v) is 5.12. The van der Waals surface area contributed by atoms with E-state index in [1.807, 2.05) is 5.32 Å². The van der Waals surface area contributed by atoms with E-state index in [-0.39, 0.29) is 24.7 Å². The zero-order valence-electron chi connectivity index (χ0n) is 19.3. The molecule has 9 N–H and O–H groups in total. The van der Waals surface area contributed by atoms with Crippen molar-refractivity contribution in [3.63, 3.8) is 0 Å². The summed E-state index contributed by atoms with van der Waals surface area (Å²) in [5.41, 5.74) is 11.0. The molecule has 5 atom stereocenters. The van der Waals surface area contributed by atoms with Gasteiger partial charge in [-0.25, -0.2) is 4.79 Å². The lowest BCUT2D eigenvalue weighted by Crippen LogP contribution is -2.59. The van der Waals surface area contributed by atoms with Crippen LogP contribution in [0.1, 0.15) is 53.4 Å². The SMILES string of the molecule is CCC(C)C(NC(=O)C(N)C(C)C)C(=O)NC(CCC(N)=O)C(=O)NC(CC(=O)O)C(=O)O. The molecule has 13 nitrogen and oxygen atoms in total. The topological polar surface area (TPSA) is 231 Å². The van der Waals surface area contributed by atoms with Gasteiger partial charge in [0.15, 0.2) is 0 Å². The fourth-order valence-corrected chi connectivity index (χ4v) is 2.72. The molecule has 13 heteroatoms. The highest BCUT2D eigenvalue weighted by molar-refractivity contribution is 5.95. The molecular formula is C20H35N5O8. The molecule has 0 aromatic carbocycles. The van der Waals surface area contributed by atoms with Gasteiger partial charge in [0.25, 0.3) is 0 Å². The van der Waals surface area contributed by atoms with Crippen LogP contribution in [0.2, 0.25) is 0 Å². The first-order chi connectivity index (χ1) is 15.2. The lowest BCUT2D eigenvalue weighted by molar-refractivity contribution is -0.147. The van der Waals surface area contributed by atoms with Gasteiger partial charge in [-0.15, -0.1) is 0 Å². The Balaban J connectivity index is 5.66. The summed E-state index contributed by atoms with van der Waals surface area (Å²) in [6.45, 7) is 6.98. The minimum absolute atomic E-state index is 0.193. The van der Waals surface area contributed by atoms with Crippen molar-refractivity contribution >= 4 is 35.6 Å². The van der Waals surface area contributed by atoms with Gasteiger partial charge in [0, 0.05) is 6.42 Å². The number of carboxylic acids is 2. The van der Waals surface area contributed by atoms with E-state index in [1.54, 1.807) is 27.7 Å². The number of carbonyl (C=O) groups excluding carboxylic acids is 4. The molecule has 0 aliphatic carbocycles. The van der Waals surface area contributed by atoms with Gasteiger partial charge in [-0.3, -0.25) is 24.0 Å². The number of carboxylic acid groups (broad SMARTS) is 2. The molecule has 0 heterocycles. The summed E-state index contributed by atoms with van der Waals surface area (Å²) in [5, 5.41) is 25.0. The second-order valence-electron chi connectivity index (χ2n) is 8.21. The number of primary amides is 1. The maximum atomic E-state index is 13.0. The van der Waals surface area contributed by atoms with Crippen LogP contribution in [0.5, 0.6) is 0 Å². The molecule has 0 aliphatic rings. The molecule has 0 spiro atoms. The zero-order chi connectivity index (χ0) is 25.9. The monoisotopic (exact) mass is 473 g/mol. The van der Waals surface area contributed by atoms with Crippen molar-refractivity contribution in [2.45, 2.75) is 77.5 Å². The summed E-state index contributed by atoms with van der Waals surface area (Å²) in [4.78, 5) is 71.3.